The zero-order valence-corrected chi connectivity index (χ0v) is 13.7. The topological polar surface area (TPSA) is 61.9 Å². The molecule has 1 N–H and O–H groups in total. The Kier molecular flexibility index (Phi) is 7.03. The molecule has 0 aromatic heterocycles. The van der Waals surface area contributed by atoms with Crippen molar-refractivity contribution in [3.63, 3.8) is 0 Å². The minimum atomic E-state index is -0.133. The first kappa shape index (κ1) is 17.4. The average Bonchev–Trinajstić information content (AvgIpc) is 2.58. The number of morpholine rings is 1. The van der Waals surface area contributed by atoms with Crippen LogP contribution in [-0.4, -0.2) is 67.6 Å². The molecule has 1 heterocycles. The predicted molar refractivity (Wildman–Crippen MR) is 87.8 cm³/mol. The average molecular weight is 319 g/mol. The number of carbonyl (C=O) groups is 2. The van der Waals surface area contributed by atoms with Gasteiger partial charge in [0.05, 0.1) is 19.8 Å². The number of carbonyl (C=O) groups excluding carboxylic acids is 2. The summed E-state index contributed by atoms with van der Waals surface area (Å²) in [6.07, 6.45) is 0. The Hall–Kier alpha value is -1.92. The van der Waals surface area contributed by atoms with Crippen molar-refractivity contribution < 1.29 is 14.3 Å². The van der Waals surface area contributed by atoms with Gasteiger partial charge >= 0.3 is 0 Å². The molecule has 0 radical (unpaired) electrons. The molecule has 1 aromatic carbocycles. The van der Waals surface area contributed by atoms with Gasteiger partial charge in [-0.2, -0.15) is 0 Å². The first-order valence-corrected chi connectivity index (χ1v) is 8.01. The maximum atomic E-state index is 12.0. The van der Waals surface area contributed by atoms with Crippen LogP contribution in [0.4, 0.5) is 0 Å². The molecule has 0 atom stereocenters. The van der Waals surface area contributed by atoms with E-state index < -0.39 is 0 Å². The highest BCUT2D eigenvalue weighted by Gasteiger charge is 2.16. The number of benzene rings is 1. The smallest absolute Gasteiger partial charge is 0.239 e. The van der Waals surface area contributed by atoms with Crippen molar-refractivity contribution in [2.24, 2.45) is 0 Å². The molecule has 1 saturated heterocycles. The van der Waals surface area contributed by atoms with E-state index in [4.69, 9.17) is 4.74 Å². The lowest BCUT2D eigenvalue weighted by molar-refractivity contribution is -0.134. The summed E-state index contributed by atoms with van der Waals surface area (Å²) in [4.78, 5) is 27.6. The third-order valence-electron chi connectivity index (χ3n) is 3.90. The summed E-state index contributed by atoms with van der Waals surface area (Å²) in [5.41, 5.74) is 1.04. The standard InChI is InChI=1S/C17H25N3O3/c1-15(21)20(8-7-19-9-11-23-12-10-19)14-17(22)18-13-16-5-3-2-4-6-16/h2-6H,7-14H2,1H3,(H,18,22). The SMILES string of the molecule is CC(=O)N(CCN1CCOCC1)CC(=O)NCc1ccccc1. The van der Waals surface area contributed by atoms with Crippen molar-refractivity contribution in [1.29, 1.82) is 0 Å². The summed E-state index contributed by atoms with van der Waals surface area (Å²) >= 11 is 0. The van der Waals surface area contributed by atoms with Crippen LogP contribution in [0, 0.1) is 0 Å². The third-order valence-corrected chi connectivity index (χ3v) is 3.90. The maximum absolute atomic E-state index is 12.0. The van der Waals surface area contributed by atoms with Crippen molar-refractivity contribution in [2.45, 2.75) is 13.5 Å². The minimum Gasteiger partial charge on any atom is -0.379 e. The Morgan fingerprint density at radius 1 is 1.22 bits per heavy atom. The first-order valence-electron chi connectivity index (χ1n) is 8.01. The number of hydrogen-bond acceptors (Lipinski definition) is 4. The highest BCUT2D eigenvalue weighted by molar-refractivity contribution is 5.83. The van der Waals surface area contributed by atoms with E-state index >= 15 is 0 Å². The molecule has 1 aliphatic heterocycles. The Labute approximate surface area is 137 Å². The van der Waals surface area contributed by atoms with Gasteiger partial charge in [0.25, 0.3) is 0 Å². The number of hydrogen-bond donors (Lipinski definition) is 1. The third kappa shape index (κ3) is 6.38. The Morgan fingerprint density at radius 2 is 1.91 bits per heavy atom. The summed E-state index contributed by atoms with van der Waals surface area (Å²) in [7, 11) is 0. The lowest BCUT2D eigenvalue weighted by atomic mass is 10.2. The lowest BCUT2D eigenvalue weighted by Crippen LogP contribution is -2.45. The van der Waals surface area contributed by atoms with Crippen LogP contribution < -0.4 is 5.32 Å². The fourth-order valence-corrected chi connectivity index (χ4v) is 2.46. The molecule has 0 spiro atoms. The van der Waals surface area contributed by atoms with Gasteiger partial charge < -0.3 is 15.0 Å². The Morgan fingerprint density at radius 3 is 2.57 bits per heavy atom. The fourth-order valence-electron chi connectivity index (χ4n) is 2.46. The lowest BCUT2D eigenvalue weighted by Gasteiger charge is -2.29. The van der Waals surface area contributed by atoms with E-state index in [1.807, 2.05) is 30.3 Å². The van der Waals surface area contributed by atoms with Crippen molar-refractivity contribution in [3.8, 4) is 0 Å². The highest BCUT2D eigenvalue weighted by Crippen LogP contribution is 2.00. The van der Waals surface area contributed by atoms with Crippen LogP contribution in [-0.2, 0) is 20.9 Å². The van der Waals surface area contributed by atoms with Crippen LogP contribution in [0.2, 0.25) is 0 Å². The number of amides is 2. The van der Waals surface area contributed by atoms with E-state index in [9.17, 15) is 9.59 Å². The summed E-state index contributed by atoms with van der Waals surface area (Å²) in [5, 5.41) is 2.86. The van der Waals surface area contributed by atoms with Crippen molar-refractivity contribution in [1.82, 2.24) is 15.1 Å². The molecule has 6 heteroatoms. The summed E-state index contributed by atoms with van der Waals surface area (Å²) in [6, 6.07) is 9.73. The molecule has 23 heavy (non-hydrogen) atoms. The van der Waals surface area contributed by atoms with Crippen LogP contribution in [0.3, 0.4) is 0 Å². The van der Waals surface area contributed by atoms with Gasteiger partial charge in [0, 0.05) is 39.6 Å². The quantitative estimate of drug-likeness (QED) is 0.794. The second kappa shape index (κ2) is 9.27. The van der Waals surface area contributed by atoms with Crippen LogP contribution in [0.5, 0.6) is 0 Å². The minimum absolute atomic E-state index is 0.0758. The van der Waals surface area contributed by atoms with Crippen molar-refractivity contribution >= 4 is 11.8 Å². The highest BCUT2D eigenvalue weighted by atomic mass is 16.5. The van der Waals surface area contributed by atoms with E-state index in [0.717, 1.165) is 38.4 Å². The van der Waals surface area contributed by atoms with Gasteiger partial charge in [0.2, 0.25) is 11.8 Å². The van der Waals surface area contributed by atoms with Gasteiger partial charge in [-0.05, 0) is 5.56 Å². The summed E-state index contributed by atoms with van der Waals surface area (Å²) in [6.45, 7) is 6.65. The van der Waals surface area contributed by atoms with E-state index in [-0.39, 0.29) is 18.4 Å². The molecular formula is C17H25N3O3. The van der Waals surface area contributed by atoms with Crippen LogP contribution in [0.1, 0.15) is 12.5 Å². The molecule has 6 nitrogen and oxygen atoms in total. The van der Waals surface area contributed by atoms with Crippen LogP contribution in [0.25, 0.3) is 0 Å². The molecule has 0 saturated carbocycles. The van der Waals surface area contributed by atoms with Gasteiger partial charge in [-0.25, -0.2) is 0 Å². The zero-order chi connectivity index (χ0) is 16.5. The van der Waals surface area contributed by atoms with Gasteiger partial charge in [-0.3, -0.25) is 14.5 Å². The Balaban J connectivity index is 1.74. The van der Waals surface area contributed by atoms with Crippen LogP contribution in [0.15, 0.2) is 30.3 Å². The normalized spacial score (nSPS) is 15.2. The molecule has 1 aliphatic rings. The van der Waals surface area contributed by atoms with Gasteiger partial charge in [-0.1, -0.05) is 30.3 Å². The van der Waals surface area contributed by atoms with Crippen molar-refractivity contribution in [2.75, 3.05) is 45.9 Å². The van der Waals surface area contributed by atoms with E-state index in [2.05, 4.69) is 10.2 Å². The second-order valence-electron chi connectivity index (χ2n) is 5.66. The van der Waals surface area contributed by atoms with Gasteiger partial charge in [-0.15, -0.1) is 0 Å². The predicted octanol–water partition coefficient (Wildman–Crippen LogP) is 0.484. The van der Waals surface area contributed by atoms with E-state index in [1.165, 1.54) is 6.92 Å². The Bertz CT molecular complexity index is 501. The molecule has 0 bridgehead atoms. The van der Waals surface area contributed by atoms with Crippen LogP contribution >= 0.6 is 0 Å². The molecule has 2 rings (SSSR count). The number of ether oxygens (including phenoxy) is 1. The van der Waals surface area contributed by atoms with Crippen molar-refractivity contribution in [3.05, 3.63) is 35.9 Å². The molecular weight excluding hydrogens is 294 g/mol. The molecule has 0 unspecified atom stereocenters. The molecule has 2 amide bonds. The summed E-state index contributed by atoms with van der Waals surface area (Å²) in [5.74, 6) is -0.209. The first-order chi connectivity index (χ1) is 11.1. The second-order valence-corrected chi connectivity index (χ2v) is 5.66. The summed E-state index contributed by atoms with van der Waals surface area (Å²) < 4.78 is 5.31. The van der Waals surface area contributed by atoms with E-state index in [1.54, 1.807) is 4.90 Å². The number of rotatable bonds is 7. The molecule has 1 aromatic rings. The number of nitrogens with one attached hydrogen (secondary N) is 1. The monoisotopic (exact) mass is 319 g/mol. The number of nitrogens with zero attached hydrogens (tertiary/aromatic N) is 2. The molecule has 0 aliphatic carbocycles. The van der Waals surface area contributed by atoms with Gasteiger partial charge in [0.1, 0.15) is 0 Å². The fraction of sp³-hybridized carbons (Fsp3) is 0.529. The maximum Gasteiger partial charge on any atom is 0.239 e. The molecule has 1 fully saturated rings. The largest absolute Gasteiger partial charge is 0.379 e. The van der Waals surface area contributed by atoms with E-state index in [0.29, 0.717) is 13.1 Å². The zero-order valence-electron chi connectivity index (χ0n) is 13.7. The molecule has 126 valence electrons. The van der Waals surface area contributed by atoms with Gasteiger partial charge in [0.15, 0.2) is 0 Å².